The van der Waals surface area contributed by atoms with Crippen molar-refractivity contribution < 1.29 is 9.90 Å². The van der Waals surface area contributed by atoms with Gasteiger partial charge in [-0.25, -0.2) is 4.68 Å². The van der Waals surface area contributed by atoms with E-state index in [0.29, 0.717) is 12.2 Å². The minimum Gasteiger partial charge on any atom is -0.389 e. The van der Waals surface area contributed by atoms with Crippen molar-refractivity contribution in [2.75, 3.05) is 13.1 Å². The van der Waals surface area contributed by atoms with E-state index in [1.165, 1.54) is 0 Å². The molecule has 0 spiro atoms. The predicted molar refractivity (Wildman–Crippen MR) is 81.4 cm³/mol. The quantitative estimate of drug-likeness (QED) is 0.916. The van der Waals surface area contributed by atoms with E-state index in [1.807, 2.05) is 37.3 Å². The first-order valence-electron chi connectivity index (χ1n) is 7.03. The Labute approximate surface area is 124 Å². The molecule has 0 atom stereocenters. The van der Waals surface area contributed by atoms with E-state index in [-0.39, 0.29) is 12.5 Å². The second kappa shape index (κ2) is 6.10. The standard InChI is InChI=1S/C16H21N3O2/c1-4-18(12-16(2,3)21)15(20)14-10-11-19(17-14)13-8-6-5-7-9-13/h5-11,21H,4,12H2,1-3H3. The number of para-hydroxylation sites is 1. The van der Waals surface area contributed by atoms with Crippen molar-refractivity contribution in [3.63, 3.8) is 0 Å². The average Bonchev–Trinajstić information content (AvgIpc) is 2.94. The number of carbonyl (C=O) groups excluding carboxylic acids is 1. The molecule has 0 fully saturated rings. The van der Waals surface area contributed by atoms with Crippen LogP contribution in [0.25, 0.3) is 5.69 Å². The third-order valence-electron chi connectivity index (χ3n) is 3.08. The maximum absolute atomic E-state index is 12.4. The summed E-state index contributed by atoms with van der Waals surface area (Å²) in [6.07, 6.45) is 1.76. The number of hydrogen-bond acceptors (Lipinski definition) is 3. The van der Waals surface area contributed by atoms with E-state index in [0.717, 1.165) is 5.69 Å². The maximum atomic E-state index is 12.4. The first-order chi connectivity index (χ1) is 9.90. The SMILES string of the molecule is CCN(CC(C)(C)O)C(=O)c1ccn(-c2ccccc2)n1. The number of benzene rings is 1. The van der Waals surface area contributed by atoms with Crippen LogP contribution < -0.4 is 0 Å². The predicted octanol–water partition coefficient (Wildman–Crippen LogP) is 2.11. The molecule has 1 N–H and O–H groups in total. The van der Waals surface area contributed by atoms with Crippen LogP contribution in [-0.2, 0) is 0 Å². The Balaban J connectivity index is 2.18. The first kappa shape index (κ1) is 15.3. The highest BCUT2D eigenvalue weighted by atomic mass is 16.3. The fraction of sp³-hybridized carbons (Fsp3) is 0.375. The molecule has 0 saturated carbocycles. The zero-order valence-corrected chi connectivity index (χ0v) is 12.7. The molecule has 21 heavy (non-hydrogen) atoms. The smallest absolute Gasteiger partial charge is 0.274 e. The Morgan fingerprint density at radius 3 is 2.52 bits per heavy atom. The van der Waals surface area contributed by atoms with Gasteiger partial charge >= 0.3 is 0 Å². The minimum atomic E-state index is -0.923. The molecule has 1 aromatic carbocycles. The zero-order valence-electron chi connectivity index (χ0n) is 12.7. The van der Waals surface area contributed by atoms with Crippen molar-refractivity contribution in [3.8, 4) is 5.69 Å². The number of amides is 1. The summed E-state index contributed by atoms with van der Waals surface area (Å²) in [5, 5.41) is 14.2. The first-order valence-corrected chi connectivity index (χ1v) is 7.03. The number of aromatic nitrogens is 2. The van der Waals surface area contributed by atoms with E-state index < -0.39 is 5.60 Å². The van der Waals surface area contributed by atoms with Gasteiger partial charge in [0, 0.05) is 19.3 Å². The van der Waals surface area contributed by atoms with Crippen molar-refractivity contribution >= 4 is 5.91 Å². The van der Waals surface area contributed by atoms with Gasteiger partial charge in [-0.3, -0.25) is 4.79 Å². The van der Waals surface area contributed by atoms with Crippen molar-refractivity contribution in [2.24, 2.45) is 0 Å². The number of carbonyl (C=O) groups is 1. The van der Waals surface area contributed by atoms with Gasteiger partial charge in [0.05, 0.1) is 11.3 Å². The summed E-state index contributed by atoms with van der Waals surface area (Å²) in [7, 11) is 0. The molecule has 112 valence electrons. The summed E-state index contributed by atoms with van der Waals surface area (Å²) in [6.45, 7) is 6.07. The normalized spacial score (nSPS) is 11.4. The van der Waals surface area contributed by atoms with Gasteiger partial charge in [-0.2, -0.15) is 5.10 Å². The lowest BCUT2D eigenvalue weighted by atomic mass is 10.1. The molecule has 1 amide bonds. The van der Waals surface area contributed by atoms with Gasteiger partial charge in [-0.05, 0) is 39.0 Å². The molecule has 1 aromatic heterocycles. The fourth-order valence-corrected chi connectivity index (χ4v) is 2.12. The molecular formula is C16H21N3O2. The number of rotatable bonds is 5. The van der Waals surface area contributed by atoms with Crippen molar-refractivity contribution in [1.29, 1.82) is 0 Å². The lowest BCUT2D eigenvalue weighted by molar-refractivity contribution is 0.0311. The van der Waals surface area contributed by atoms with Gasteiger partial charge in [-0.15, -0.1) is 0 Å². The lowest BCUT2D eigenvalue weighted by Crippen LogP contribution is -2.42. The molecule has 0 radical (unpaired) electrons. The fourth-order valence-electron chi connectivity index (χ4n) is 2.12. The van der Waals surface area contributed by atoms with Crippen molar-refractivity contribution in [3.05, 3.63) is 48.3 Å². The highest BCUT2D eigenvalue weighted by molar-refractivity contribution is 5.92. The summed E-state index contributed by atoms with van der Waals surface area (Å²) in [5.41, 5.74) is 0.361. The zero-order chi connectivity index (χ0) is 15.5. The Bertz CT molecular complexity index is 599. The van der Waals surface area contributed by atoms with Gasteiger partial charge in [0.25, 0.3) is 5.91 Å². The highest BCUT2D eigenvalue weighted by Gasteiger charge is 2.23. The molecule has 2 aromatic rings. The maximum Gasteiger partial charge on any atom is 0.274 e. The van der Waals surface area contributed by atoms with Crippen LogP contribution in [0.5, 0.6) is 0 Å². The van der Waals surface area contributed by atoms with Crippen LogP contribution in [-0.4, -0.2) is 44.4 Å². The Hall–Kier alpha value is -2.14. The molecule has 0 bridgehead atoms. The van der Waals surface area contributed by atoms with E-state index in [9.17, 15) is 9.90 Å². The summed E-state index contributed by atoms with van der Waals surface area (Å²) in [6, 6.07) is 11.3. The third-order valence-corrected chi connectivity index (χ3v) is 3.08. The molecular weight excluding hydrogens is 266 g/mol. The number of aliphatic hydroxyl groups is 1. The van der Waals surface area contributed by atoms with Gasteiger partial charge in [0.2, 0.25) is 0 Å². The Kier molecular flexibility index (Phi) is 4.43. The molecule has 0 aliphatic carbocycles. The summed E-state index contributed by atoms with van der Waals surface area (Å²) in [5.74, 6) is -0.172. The van der Waals surface area contributed by atoms with Crippen LogP contribution in [0.4, 0.5) is 0 Å². The minimum absolute atomic E-state index is 0.172. The summed E-state index contributed by atoms with van der Waals surface area (Å²) < 4.78 is 1.67. The summed E-state index contributed by atoms with van der Waals surface area (Å²) >= 11 is 0. The molecule has 0 aliphatic heterocycles. The van der Waals surface area contributed by atoms with E-state index in [1.54, 1.807) is 35.7 Å². The lowest BCUT2D eigenvalue weighted by Gasteiger charge is -2.27. The largest absolute Gasteiger partial charge is 0.389 e. The van der Waals surface area contributed by atoms with Crippen LogP contribution in [0, 0.1) is 0 Å². The van der Waals surface area contributed by atoms with Crippen LogP contribution in [0.15, 0.2) is 42.6 Å². The van der Waals surface area contributed by atoms with E-state index >= 15 is 0 Å². The molecule has 0 unspecified atom stereocenters. The van der Waals surface area contributed by atoms with E-state index in [2.05, 4.69) is 5.10 Å². The Morgan fingerprint density at radius 2 is 1.95 bits per heavy atom. The monoisotopic (exact) mass is 287 g/mol. The van der Waals surface area contributed by atoms with Gasteiger partial charge in [0.1, 0.15) is 0 Å². The Morgan fingerprint density at radius 1 is 1.29 bits per heavy atom. The number of likely N-dealkylation sites (N-methyl/N-ethyl adjacent to an activating group) is 1. The van der Waals surface area contributed by atoms with Gasteiger partial charge in [-0.1, -0.05) is 18.2 Å². The summed E-state index contributed by atoms with van der Waals surface area (Å²) in [4.78, 5) is 14.0. The van der Waals surface area contributed by atoms with Crippen LogP contribution in [0.2, 0.25) is 0 Å². The highest BCUT2D eigenvalue weighted by Crippen LogP contribution is 2.11. The topological polar surface area (TPSA) is 58.4 Å². The van der Waals surface area contributed by atoms with E-state index in [4.69, 9.17) is 0 Å². The molecule has 0 aliphatic rings. The van der Waals surface area contributed by atoms with Crippen molar-refractivity contribution in [2.45, 2.75) is 26.4 Å². The second-order valence-corrected chi connectivity index (χ2v) is 5.61. The van der Waals surface area contributed by atoms with Crippen LogP contribution in [0.1, 0.15) is 31.3 Å². The number of hydrogen-bond donors (Lipinski definition) is 1. The van der Waals surface area contributed by atoms with Crippen LogP contribution in [0.3, 0.4) is 0 Å². The molecule has 1 heterocycles. The van der Waals surface area contributed by atoms with Gasteiger partial charge < -0.3 is 10.0 Å². The van der Waals surface area contributed by atoms with Crippen LogP contribution >= 0.6 is 0 Å². The average molecular weight is 287 g/mol. The van der Waals surface area contributed by atoms with Crippen molar-refractivity contribution in [1.82, 2.24) is 14.7 Å². The second-order valence-electron chi connectivity index (χ2n) is 5.61. The molecule has 5 nitrogen and oxygen atoms in total. The third kappa shape index (κ3) is 3.92. The molecule has 0 saturated heterocycles. The number of nitrogens with zero attached hydrogens (tertiary/aromatic N) is 3. The molecule has 5 heteroatoms. The molecule has 2 rings (SSSR count). The van der Waals surface area contributed by atoms with Gasteiger partial charge in [0.15, 0.2) is 5.69 Å².